The Hall–Kier alpha value is -3.35. The molecular weight excluding hydrogens is 498 g/mol. The van der Waals surface area contributed by atoms with Gasteiger partial charge in [-0.3, -0.25) is 9.59 Å². The van der Waals surface area contributed by atoms with E-state index in [4.69, 9.17) is 16.3 Å². The van der Waals surface area contributed by atoms with E-state index in [1.807, 2.05) is 48.5 Å². The van der Waals surface area contributed by atoms with E-state index in [0.29, 0.717) is 29.7 Å². The Kier molecular flexibility index (Phi) is 8.01. The highest BCUT2D eigenvalue weighted by molar-refractivity contribution is 6.30. The molecule has 3 aromatic carbocycles. The fourth-order valence-corrected chi connectivity index (χ4v) is 5.33. The van der Waals surface area contributed by atoms with Crippen molar-refractivity contribution in [2.24, 2.45) is 0 Å². The monoisotopic (exact) mass is 531 g/mol. The van der Waals surface area contributed by atoms with E-state index in [-0.39, 0.29) is 24.5 Å². The molecule has 0 saturated carbocycles. The zero-order valence-electron chi connectivity index (χ0n) is 22.0. The van der Waals surface area contributed by atoms with E-state index in [1.54, 1.807) is 34.1 Å². The standard InChI is InChI=1S/C31H34ClN3O3/c1-22(2)33-17-15-28(16-18-33)38-27-13-7-23(8-14-27)19-35-29-6-4-3-5-25(29)20-34(21-30(35)36)31(37)24-9-11-26(32)12-10-24/h3-14,22,28H,15-21H2,1-2H3. The average molecular weight is 532 g/mol. The predicted molar refractivity (Wildman–Crippen MR) is 151 cm³/mol. The van der Waals surface area contributed by atoms with Crippen LogP contribution in [0.4, 0.5) is 5.69 Å². The summed E-state index contributed by atoms with van der Waals surface area (Å²) in [5.41, 5.74) is 3.29. The number of piperidine rings is 1. The van der Waals surface area contributed by atoms with Crippen LogP contribution >= 0.6 is 11.6 Å². The van der Waals surface area contributed by atoms with E-state index in [2.05, 4.69) is 18.7 Å². The first kappa shape index (κ1) is 26.3. The third kappa shape index (κ3) is 6.03. The molecule has 2 amide bonds. The van der Waals surface area contributed by atoms with Gasteiger partial charge in [-0.2, -0.15) is 0 Å². The number of ether oxygens (including phenoxy) is 1. The molecule has 2 heterocycles. The molecule has 1 fully saturated rings. The highest BCUT2D eigenvalue weighted by atomic mass is 35.5. The van der Waals surface area contributed by atoms with Crippen molar-refractivity contribution in [3.8, 4) is 5.75 Å². The third-order valence-electron chi connectivity index (χ3n) is 7.42. The summed E-state index contributed by atoms with van der Waals surface area (Å²) in [6.45, 7) is 7.40. The number of rotatable bonds is 6. The van der Waals surface area contributed by atoms with Gasteiger partial charge in [0.15, 0.2) is 0 Å². The molecule has 0 unspecified atom stereocenters. The lowest BCUT2D eigenvalue weighted by atomic mass is 10.1. The minimum Gasteiger partial charge on any atom is -0.490 e. The number of hydrogen-bond acceptors (Lipinski definition) is 4. The zero-order chi connectivity index (χ0) is 26.6. The number of benzene rings is 3. The van der Waals surface area contributed by atoms with Gasteiger partial charge < -0.3 is 19.4 Å². The summed E-state index contributed by atoms with van der Waals surface area (Å²) < 4.78 is 6.26. The molecule has 2 aliphatic heterocycles. The Labute approximate surface area is 229 Å². The van der Waals surface area contributed by atoms with Crippen LogP contribution in [0.25, 0.3) is 0 Å². The van der Waals surface area contributed by atoms with Crippen molar-refractivity contribution >= 4 is 29.1 Å². The highest BCUT2D eigenvalue weighted by Gasteiger charge is 2.29. The number of carbonyl (C=O) groups excluding carboxylic acids is 2. The molecule has 0 aromatic heterocycles. The molecule has 5 rings (SSSR count). The predicted octanol–water partition coefficient (Wildman–Crippen LogP) is 5.78. The van der Waals surface area contributed by atoms with Crippen molar-refractivity contribution < 1.29 is 14.3 Å². The van der Waals surface area contributed by atoms with Crippen molar-refractivity contribution in [1.29, 1.82) is 0 Å². The number of halogens is 1. The van der Waals surface area contributed by atoms with Gasteiger partial charge in [0, 0.05) is 41.9 Å². The fourth-order valence-electron chi connectivity index (χ4n) is 5.20. The van der Waals surface area contributed by atoms with Crippen LogP contribution in [0, 0.1) is 0 Å². The molecule has 2 aliphatic rings. The minimum atomic E-state index is -0.188. The van der Waals surface area contributed by atoms with Crippen LogP contribution in [0.2, 0.25) is 5.02 Å². The summed E-state index contributed by atoms with van der Waals surface area (Å²) in [7, 11) is 0. The van der Waals surface area contributed by atoms with Gasteiger partial charge in [0.1, 0.15) is 18.4 Å². The van der Waals surface area contributed by atoms with Gasteiger partial charge in [0.25, 0.3) is 5.91 Å². The van der Waals surface area contributed by atoms with Gasteiger partial charge >= 0.3 is 0 Å². The summed E-state index contributed by atoms with van der Waals surface area (Å²) in [6.07, 6.45) is 2.30. The van der Waals surface area contributed by atoms with Gasteiger partial charge in [-0.15, -0.1) is 0 Å². The molecule has 0 spiro atoms. The van der Waals surface area contributed by atoms with Crippen LogP contribution in [0.15, 0.2) is 72.8 Å². The van der Waals surface area contributed by atoms with Crippen LogP contribution in [0.1, 0.15) is 48.2 Å². The largest absolute Gasteiger partial charge is 0.490 e. The molecule has 0 atom stereocenters. The number of para-hydroxylation sites is 1. The number of amides is 2. The molecule has 1 saturated heterocycles. The lowest BCUT2D eigenvalue weighted by Gasteiger charge is -2.34. The van der Waals surface area contributed by atoms with E-state index >= 15 is 0 Å². The molecule has 0 N–H and O–H groups in total. The Morgan fingerprint density at radius 2 is 1.63 bits per heavy atom. The first-order valence-corrected chi connectivity index (χ1v) is 13.7. The lowest BCUT2D eigenvalue weighted by Crippen LogP contribution is -2.41. The molecule has 3 aromatic rings. The van der Waals surface area contributed by atoms with Crippen LogP contribution in [0.3, 0.4) is 0 Å². The number of anilines is 1. The highest BCUT2D eigenvalue weighted by Crippen LogP contribution is 2.29. The quantitative estimate of drug-likeness (QED) is 0.404. The molecule has 6 nitrogen and oxygen atoms in total. The van der Waals surface area contributed by atoms with Crippen LogP contribution in [-0.2, 0) is 17.9 Å². The second-order valence-electron chi connectivity index (χ2n) is 10.4. The normalized spacial score (nSPS) is 16.9. The van der Waals surface area contributed by atoms with Gasteiger partial charge in [0.2, 0.25) is 5.91 Å². The van der Waals surface area contributed by atoms with Crippen molar-refractivity contribution in [3.05, 3.63) is 94.5 Å². The second kappa shape index (κ2) is 11.6. The number of hydrogen-bond donors (Lipinski definition) is 0. The Bertz CT molecular complexity index is 1270. The van der Waals surface area contributed by atoms with Crippen molar-refractivity contribution in [2.45, 2.75) is 51.9 Å². The van der Waals surface area contributed by atoms with Gasteiger partial charge in [-0.1, -0.05) is 41.9 Å². The maximum absolute atomic E-state index is 13.5. The number of nitrogens with zero attached hydrogens (tertiary/aromatic N) is 3. The topological polar surface area (TPSA) is 53.1 Å². The summed E-state index contributed by atoms with van der Waals surface area (Å²) in [5, 5.41) is 0.568. The van der Waals surface area contributed by atoms with Crippen molar-refractivity contribution in [3.63, 3.8) is 0 Å². The first-order valence-electron chi connectivity index (χ1n) is 13.3. The van der Waals surface area contributed by atoms with Gasteiger partial charge in [0.05, 0.1) is 6.54 Å². The maximum atomic E-state index is 13.5. The van der Waals surface area contributed by atoms with E-state index in [1.165, 1.54) is 0 Å². The maximum Gasteiger partial charge on any atom is 0.254 e. The Morgan fingerprint density at radius 1 is 0.947 bits per heavy atom. The second-order valence-corrected chi connectivity index (χ2v) is 10.8. The minimum absolute atomic E-state index is 0.00636. The Morgan fingerprint density at radius 3 is 2.32 bits per heavy atom. The molecule has 198 valence electrons. The van der Waals surface area contributed by atoms with Gasteiger partial charge in [-0.05, 0) is 80.3 Å². The Balaban J connectivity index is 1.28. The van der Waals surface area contributed by atoms with Crippen LogP contribution in [0.5, 0.6) is 5.75 Å². The SMILES string of the molecule is CC(C)N1CCC(Oc2ccc(CN3C(=O)CN(C(=O)c4ccc(Cl)cc4)Cc4ccccc43)cc2)CC1. The smallest absolute Gasteiger partial charge is 0.254 e. The average Bonchev–Trinajstić information content (AvgIpc) is 3.06. The molecule has 7 heteroatoms. The summed E-state index contributed by atoms with van der Waals surface area (Å²) in [4.78, 5) is 32.6. The third-order valence-corrected chi connectivity index (χ3v) is 7.67. The van der Waals surface area contributed by atoms with E-state index < -0.39 is 0 Å². The molecule has 0 bridgehead atoms. The van der Waals surface area contributed by atoms with Crippen molar-refractivity contribution in [2.75, 3.05) is 24.5 Å². The van der Waals surface area contributed by atoms with Crippen LogP contribution < -0.4 is 9.64 Å². The van der Waals surface area contributed by atoms with E-state index in [0.717, 1.165) is 48.5 Å². The zero-order valence-corrected chi connectivity index (χ0v) is 22.7. The number of likely N-dealkylation sites (tertiary alicyclic amines) is 1. The van der Waals surface area contributed by atoms with Gasteiger partial charge in [-0.25, -0.2) is 0 Å². The fraction of sp³-hybridized carbons (Fsp3) is 0.355. The van der Waals surface area contributed by atoms with Crippen molar-refractivity contribution in [1.82, 2.24) is 9.80 Å². The molecule has 0 aliphatic carbocycles. The van der Waals surface area contributed by atoms with Crippen LogP contribution in [-0.4, -0.2) is 53.4 Å². The number of carbonyl (C=O) groups is 2. The van der Waals surface area contributed by atoms with E-state index in [9.17, 15) is 9.59 Å². The summed E-state index contributed by atoms with van der Waals surface area (Å²) in [5.74, 6) is 0.556. The molecule has 38 heavy (non-hydrogen) atoms. The summed E-state index contributed by atoms with van der Waals surface area (Å²) in [6, 6.07) is 23.2. The molecule has 0 radical (unpaired) electrons. The summed E-state index contributed by atoms with van der Waals surface area (Å²) >= 11 is 5.99. The lowest BCUT2D eigenvalue weighted by molar-refractivity contribution is -0.119. The molecular formula is C31H34ClN3O3. The number of fused-ring (bicyclic) bond motifs is 1. The first-order chi connectivity index (χ1) is 18.4.